The van der Waals surface area contributed by atoms with Crippen LogP contribution in [0.5, 0.6) is 28.7 Å². The number of ketones is 5. The predicted octanol–water partition coefficient (Wildman–Crippen LogP) is 17.5. The van der Waals surface area contributed by atoms with Crippen molar-refractivity contribution in [2.75, 3.05) is 35.5 Å². The molecule has 0 amide bonds. The zero-order valence-corrected chi connectivity index (χ0v) is 36.4. The van der Waals surface area contributed by atoms with Crippen molar-refractivity contribution in [3.63, 3.8) is 0 Å². The van der Waals surface area contributed by atoms with Gasteiger partial charge in [-0.05, 0) is 125 Å². The fraction of sp³-hybridized carbons (Fsp3) is 0.328. The van der Waals surface area contributed by atoms with E-state index in [9.17, 15) is 24.0 Å². The van der Waals surface area contributed by atoms with Gasteiger partial charge in [-0.25, -0.2) is 0 Å². The van der Waals surface area contributed by atoms with Crippen LogP contribution in [0.3, 0.4) is 0 Å². The summed E-state index contributed by atoms with van der Waals surface area (Å²) in [5, 5.41) is 0. The molecular formula is C61H94O10. The van der Waals surface area contributed by atoms with Crippen LogP contribution in [0, 0.1) is 0 Å². The second kappa shape index (κ2) is 45.1. The van der Waals surface area contributed by atoms with Crippen LogP contribution in [0.15, 0.2) is 146 Å². The van der Waals surface area contributed by atoms with Crippen LogP contribution >= 0.6 is 0 Å². The van der Waals surface area contributed by atoms with E-state index in [1.54, 1.807) is 115 Å². The van der Waals surface area contributed by atoms with Crippen molar-refractivity contribution in [3.05, 3.63) is 173 Å². The average molecular weight is 987 g/mol. The van der Waals surface area contributed by atoms with E-state index < -0.39 is 0 Å². The molecule has 0 spiro atoms. The number of benzene rings is 6. The number of hydrogen-bond donors (Lipinski definition) is 0. The highest BCUT2D eigenvalue weighted by Crippen LogP contribution is 2.24. The lowest BCUT2D eigenvalue weighted by molar-refractivity contribution is 0.100. The van der Waals surface area contributed by atoms with E-state index in [4.69, 9.17) is 23.7 Å². The van der Waals surface area contributed by atoms with E-state index in [1.165, 1.54) is 38.8 Å². The van der Waals surface area contributed by atoms with Gasteiger partial charge in [0.1, 0.15) is 28.7 Å². The van der Waals surface area contributed by atoms with Gasteiger partial charge in [-0.1, -0.05) is 141 Å². The Kier molecular flexibility index (Phi) is 53.2. The number of Topliss-reactive ketones (excluding diaryl/α,β-unsaturated/α-hetero) is 5. The van der Waals surface area contributed by atoms with Gasteiger partial charge in [-0.3, -0.25) is 24.0 Å². The predicted molar refractivity (Wildman–Crippen MR) is 308 cm³/mol. The first-order chi connectivity index (χ1) is 29.1. The maximum atomic E-state index is 10.9. The van der Waals surface area contributed by atoms with Crippen molar-refractivity contribution in [1.82, 2.24) is 0 Å². The van der Waals surface area contributed by atoms with Crippen LogP contribution < -0.4 is 23.7 Å². The lowest BCUT2D eigenvalue weighted by atomic mass is 10.1. The van der Waals surface area contributed by atoms with E-state index >= 15 is 0 Å². The molecule has 0 radical (unpaired) electrons. The standard InChI is InChI=1S/C14H14O2.2C10H10O2.C9H10O2.C8H10O2.10CH4/c1-15-13-7-3-11(4-8-13)12-5-9-14(16-2)10-6-12;1-7(11)9-3-5-10(6-4-9)8(2)12;1-7(11)9-4-3-5-10(6-9)8(2)12;1-7(10)8-3-5-9(11-2)6-4-8;1-9-7-3-5-8(10-2)6-4-7;;;;;;;;;;/h3-10H,1-2H3;2*3-6H,1-2H3;3-6H,1-2H3;3-6H,1-2H3;10*1H4. The molecule has 398 valence electrons. The Hall–Kier alpha value is -7.33. The van der Waals surface area contributed by atoms with Gasteiger partial charge < -0.3 is 23.7 Å². The maximum absolute atomic E-state index is 10.9. The highest BCUT2D eigenvalue weighted by molar-refractivity contribution is 5.99. The average Bonchev–Trinajstić information content (AvgIpc) is 3.30. The van der Waals surface area contributed by atoms with E-state index in [0.717, 1.165) is 28.7 Å². The third kappa shape index (κ3) is 30.7. The van der Waals surface area contributed by atoms with Crippen molar-refractivity contribution in [2.45, 2.75) is 109 Å². The van der Waals surface area contributed by atoms with Crippen molar-refractivity contribution in [1.29, 1.82) is 0 Å². The van der Waals surface area contributed by atoms with Gasteiger partial charge in [-0.15, -0.1) is 0 Å². The molecule has 10 heteroatoms. The highest BCUT2D eigenvalue weighted by atomic mass is 16.5. The van der Waals surface area contributed by atoms with Gasteiger partial charge in [0.15, 0.2) is 28.9 Å². The summed E-state index contributed by atoms with van der Waals surface area (Å²) in [6.07, 6.45) is 0. The number of ether oxygens (including phenoxy) is 5. The van der Waals surface area contributed by atoms with E-state index in [0.29, 0.717) is 27.8 Å². The Balaban J connectivity index is -0.0000000942. The molecule has 10 nitrogen and oxygen atoms in total. The minimum atomic E-state index is -0.0156. The lowest BCUT2D eigenvalue weighted by Gasteiger charge is -2.05. The van der Waals surface area contributed by atoms with Gasteiger partial charge in [0.25, 0.3) is 0 Å². The van der Waals surface area contributed by atoms with Crippen LogP contribution in [-0.2, 0) is 0 Å². The molecule has 0 N–H and O–H groups in total. The number of rotatable bonds is 11. The molecule has 6 aromatic rings. The molecule has 0 saturated carbocycles. The first kappa shape index (κ1) is 83.7. The molecule has 0 aliphatic carbocycles. The van der Waals surface area contributed by atoms with E-state index in [2.05, 4.69) is 0 Å². The zero-order valence-electron chi connectivity index (χ0n) is 36.4. The van der Waals surface area contributed by atoms with E-state index in [-0.39, 0.29) is 103 Å². The first-order valence-corrected chi connectivity index (χ1v) is 19.0. The fourth-order valence-corrected chi connectivity index (χ4v) is 5.00. The van der Waals surface area contributed by atoms with Crippen molar-refractivity contribution < 1.29 is 47.7 Å². The largest absolute Gasteiger partial charge is 0.497 e. The third-order valence-corrected chi connectivity index (χ3v) is 8.68. The molecule has 0 atom stereocenters. The fourth-order valence-electron chi connectivity index (χ4n) is 5.00. The molecule has 0 aromatic heterocycles. The SMILES string of the molecule is C.C.C.C.C.C.C.C.C.C.CC(=O)c1ccc(C(C)=O)cc1.CC(=O)c1cccc(C(C)=O)c1.COc1ccc(-c2ccc(OC)cc2)cc1.COc1ccc(C(C)=O)cc1.COc1ccc(OC)cc1. The molecule has 0 unspecified atom stereocenters. The summed E-state index contributed by atoms with van der Waals surface area (Å²) in [7, 11) is 8.22. The van der Waals surface area contributed by atoms with Crippen LogP contribution in [0.2, 0.25) is 0 Å². The van der Waals surface area contributed by atoms with Crippen LogP contribution in [0.4, 0.5) is 0 Å². The smallest absolute Gasteiger partial charge is 0.159 e. The van der Waals surface area contributed by atoms with Gasteiger partial charge in [-0.2, -0.15) is 0 Å². The first-order valence-electron chi connectivity index (χ1n) is 19.0. The number of hydrogen-bond acceptors (Lipinski definition) is 10. The Bertz CT molecular complexity index is 2150. The molecule has 0 saturated heterocycles. The molecule has 0 heterocycles. The summed E-state index contributed by atoms with van der Waals surface area (Å²) in [6, 6.07) is 43.9. The topological polar surface area (TPSA) is 132 Å². The maximum Gasteiger partial charge on any atom is 0.159 e. The second-order valence-corrected chi connectivity index (χ2v) is 13.0. The summed E-state index contributed by atoms with van der Waals surface area (Å²) in [5.74, 6) is 4.30. The third-order valence-electron chi connectivity index (χ3n) is 8.68. The second-order valence-electron chi connectivity index (χ2n) is 13.0. The molecule has 0 fully saturated rings. The Morgan fingerprint density at radius 1 is 0.254 bits per heavy atom. The zero-order chi connectivity index (χ0) is 45.3. The van der Waals surface area contributed by atoms with Crippen LogP contribution in [0.1, 0.15) is 161 Å². The van der Waals surface area contributed by atoms with Crippen molar-refractivity contribution >= 4 is 28.9 Å². The molecular weight excluding hydrogens is 893 g/mol. The Morgan fingerprint density at radius 2 is 0.423 bits per heavy atom. The van der Waals surface area contributed by atoms with Crippen molar-refractivity contribution in [3.8, 4) is 39.9 Å². The Labute approximate surface area is 432 Å². The Morgan fingerprint density at radius 3 is 0.606 bits per heavy atom. The normalized spacial score (nSPS) is 8.14. The summed E-state index contributed by atoms with van der Waals surface area (Å²) in [6.45, 7) is 7.52. The molecule has 71 heavy (non-hydrogen) atoms. The minimum Gasteiger partial charge on any atom is -0.497 e. The van der Waals surface area contributed by atoms with Crippen LogP contribution in [0.25, 0.3) is 11.1 Å². The molecule has 0 aliphatic heterocycles. The lowest BCUT2D eigenvalue weighted by Crippen LogP contribution is -1.96. The molecule has 0 bridgehead atoms. The molecule has 6 rings (SSSR count). The monoisotopic (exact) mass is 987 g/mol. The van der Waals surface area contributed by atoms with Gasteiger partial charge in [0, 0.05) is 27.8 Å². The number of methoxy groups -OCH3 is 5. The summed E-state index contributed by atoms with van der Waals surface area (Å²) in [4.78, 5) is 54.3. The van der Waals surface area contributed by atoms with Crippen LogP contribution in [-0.4, -0.2) is 64.5 Å². The van der Waals surface area contributed by atoms with Gasteiger partial charge >= 0.3 is 0 Å². The van der Waals surface area contributed by atoms with Gasteiger partial charge in [0.05, 0.1) is 35.5 Å². The quantitative estimate of drug-likeness (QED) is 0.116. The molecule has 6 aromatic carbocycles. The summed E-state index contributed by atoms with van der Waals surface area (Å²) in [5.41, 5.74) is 5.50. The minimum absolute atomic E-state index is 0. The van der Waals surface area contributed by atoms with Gasteiger partial charge in [0.2, 0.25) is 0 Å². The summed E-state index contributed by atoms with van der Waals surface area (Å²) >= 11 is 0. The van der Waals surface area contributed by atoms with Crippen molar-refractivity contribution in [2.24, 2.45) is 0 Å². The number of carbonyl (C=O) groups excluding carboxylic acids is 5. The highest BCUT2D eigenvalue weighted by Gasteiger charge is 2.04. The van der Waals surface area contributed by atoms with E-state index in [1.807, 2.05) is 72.8 Å². The number of carbonyl (C=O) groups is 5. The summed E-state index contributed by atoms with van der Waals surface area (Å²) < 4.78 is 25.1. The molecule has 0 aliphatic rings.